The summed E-state index contributed by atoms with van der Waals surface area (Å²) >= 11 is 0. The SMILES string of the molecule is Cc1cc(C(=O)N2CCN(c3ncccn3)CC2)c(C)n1Cc1ccco1. The Bertz CT molecular complexity index is 910. The predicted molar refractivity (Wildman–Crippen MR) is 102 cm³/mol. The number of nitrogens with zero attached hydrogens (tertiary/aromatic N) is 5. The molecule has 1 saturated heterocycles. The highest BCUT2D eigenvalue weighted by atomic mass is 16.3. The molecular weight excluding hydrogens is 342 g/mol. The summed E-state index contributed by atoms with van der Waals surface area (Å²) in [6, 6.07) is 7.62. The highest BCUT2D eigenvalue weighted by Gasteiger charge is 2.26. The van der Waals surface area contributed by atoms with E-state index < -0.39 is 0 Å². The highest BCUT2D eigenvalue weighted by molar-refractivity contribution is 5.96. The molecule has 1 amide bonds. The van der Waals surface area contributed by atoms with Crippen LogP contribution in [0.2, 0.25) is 0 Å². The molecule has 1 aliphatic heterocycles. The van der Waals surface area contributed by atoms with Gasteiger partial charge in [0.15, 0.2) is 0 Å². The Morgan fingerprint density at radius 1 is 1.11 bits per heavy atom. The summed E-state index contributed by atoms with van der Waals surface area (Å²) in [6.07, 6.45) is 5.16. The Hall–Kier alpha value is -3.09. The van der Waals surface area contributed by atoms with Crippen molar-refractivity contribution in [3.05, 3.63) is 65.6 Å². The largest absolute Gasteiger partial charge is 0.467 e. The zero-order chi connectivity index (χ0) is 18.8. The second kappa shape index (κ2) is 7.26. The molecule has 0 radical (unpaired) electrons. The highest BCUT2D eigenvalue weighted by Crippen LogP contribution is 2.20. The van der Waals surface area contributed by atoms with Crippen LogP contribution in [-0.2, 0) is 6.54 Å². The summed E-state index contributed by atoms with van der Waals surface area (Å²) in [5, 5.41) is 0. The van der Waals surface area contributed by atoms with E-state index in [1.807, 2.05) is 43.0 Å². The Balaban J connectivity index is 1.46. The van der Waals surface area contributed by atoms with Crippen LogP contribution in [0.3, 0.4) is 0 Å². The number of amides is 1. The van der Waals surface area contributed by atoms with Gasteiger partial charge in [0.25, 0.3) is 5.91 Å². The minimum Gasteiger partial charge on any atom is -0.467 e. The van der Waals surface area contributed by atoms with E-state index in [2.05, 4.69) is 19.4 Å². The Morgan fingerprint density at radius 2 is 1.85 bits per heavy atom. The molecule has 27 heavy (non-hydrogen) atoms. The van der Waals surface area contributed by atoms with Crippen LogP contribution in [0.1, 0.15) is 27.5 Å². The van der Waals surface area contributed by atoms with E-state index in [4.69, 9.17) is 4.42 Å². The van der Waals surface area contributed by atoms with Crippen molar-refractivity contribution in [2.45, 2.75) is 20.4 Å². The molecule has 4 rings (SSSR count). The van der Waals surface area contributed by atoms with Crippen LogP contribution in [-0.4, -0.2) is 51.5 Å². The van der Waals surface area contributed by atoms with Gasteiger partial charge in [0.1, 0.15) is 5.76 Å². The number of carbonyl (C=O) groups excluding carboxylic acids is 1. The average molecular weight is 365 g/mol. The van der Waals surface area contributed by atoms with Gasteiger partial charge in [0.2, 0.25) is 5.95 Å². The number of rotatable bonds is 4. The van der Waals surface area contributed by atoms with E-state index in [1.165, 1.54) is 0 Å². The van der Waals surface area contributed by atoms with E-state index in [0.29, 0.717) is 19.6 Å². The second-order valence-electron chi connectivity index (χ2n) is 6.78. The van der Waals surface area contributed by atoms with E-state index in [0.717, 1.165) is 41.7 Å². The predicted octanol–water partition coefficient (Wildman–Crippen LogP) is 2.50. The fourth-order valence-corrected chi connectivity index (χ4v) is 3.55. The molecule has 7 nitrogen and oxygen atoms in total. The molecule has 0 aromatic carbocycles. The van der Waals surface area contributed by atoms with Crippen LogP contribution in [0.25, 0.3) is 0 Å². The van der Waals surface area contributed by atoms with E-state index in [1.54, 1.807) is 18.7 Å². The number of piperazine rings is 1. The van der Waals surface area contributed by atoms with Gasteiger partial charge < -0.3 is 18.8 Å². The van der Waals surface area contributed by atoms with Gasteiger partial charge in [-0.15, -0.1) is 0 Å². The number of aromatic nitrogens is 3. The van der Waals surface area contributed by atoms with Crippen molar-refractivity contribution in [2.75, 3.05) is 31.1 Å². The average Bonchev–Trinajstić information content (AvgIpc) is 3.32. The van der Waals surface area contributed by atoms with Gasteiger partial charge in [0.05, 0.1) is 18.4 Å². The fraction of sp³-hybridized carbons (Fsp3) is 0.350. The lowest BCUT2D eigenvalue weighted by molar-refractivity contribution is 0.0745. The van der Waals surface area contributed by atoms with Gasteiger partial charge in [-0.1, -0.05) is 0 Å². The molecule has 0 unspecified atom stereocenters. The minimum atomic E-state index is 0.0856. The zero-order valence-electron chi connectivity index (χ0n) is 15.6. The van der Waals surface area contributed by atoms with Gasteiger partial charge in [-0.2, -0.15) is 0 Å². The number of furan rings is 1. The van der Waals surface area contributed by atoms with Crippen LogP contribution in [0.5, 0.6) is 0 Å². The second-order valence-corrected chi connectivity index (χ2v) is 6.78. The summed E-state index contributed by atoms with van der Waals surface area (Å²) in [5.74, 6) is 1.69. The molecule has 1 fully saturated rings. The van der Waals surface area contributed by atoms with Crippen molar-refractivity contribution < 1.29 is 9.21 Å². The van der Waals surface area contributed by atoms with Crippen LogP contribution < -0.4 is 4.90 Å². The maximum atomic E-state index is 13.1. The van der Waals surface area contributed by atoms with Gasteiger partial charge in [0, 0.05) is 50.0 Å². The first-order valence-corrected chi connectivity index (χ1v) is 9.14. The van der Waals surface area contributed by atoms with Crippen LogP contribution >= 0.6 is 0 Å². The van der Waals surface area contributed by atoms with Gasteiger partial charge in [-0.3, -0.25) is 4.79 Å². The van der Waals surface area contributed by atoms with Crippen molar-refractivity contribution in [2.24, 2.45) is 0 Å². The van der Waals surface area contributed by atoms with Crippen molar-refractivity contribution >= 4 is 11.9 Å². The number of aryl methyl sites for hydroxylation is 1. The first-order chi connectivity index (χ1) is 13.1. The fourth-order valence-electron chi connectivity index (χ4n) is 3.55. The maximum Gasteiger partial charge on any atom is 0.255 e. The number of hydrogen-bond acceptors (Lipinski definition) is 5. The van der Waals surface area contributed by atoms with E-state index in [-0.39, 0.29) is 5.91 Å². The van der Waals surface area contributed by atoms with Gasteiger partial charge in [-0.25, -0.2) is 9.97 Å². The molecule has 0 spiro atoms. The lowest BCUT2D eigenvalue weighted by Gasteiger charge is -2.34. The topological polar surface area (TPSA) is 67.4 Å². The standard InChI is InChI=1S/C20H23N5O2/c1-15-13-18(16(2)25(15)14-17-5-3-12-27-17)19(26)23-8-10-24(11-9-23)20-21-6-4-7-22-20/h3-7,12-13H,8-11,14H2,1-2H3. The number of carbonyl (C=O) groups is 1. The zero-order valence-corrected chi connectivity index (χ0v) is 15.6. The first kappa shape index (κ1) is 17.3. The summed E-state index contributed by atoms with van der Waals surface area (Å²) in [7, 11) is 0. The monoisotopic (exact) mass is 365 g/mol. The van der Waals surface area contributed by atoms with Crippen LogP contribution in [0.15, 0.2) is 47.3 Å². The molecule has 0 N–H and O–H groups in total. The number of hydrogen-bond donors (Lipinski definition) is 0. The van der Waals surface area contributed by atoms with Gasteiger partial charge >= 0.3 is 0 Å². The summed E-state index contributed by atoms with van der Waals surface area (Å²) in [6.45, 7) is 7.46. The lowest BCUT2D eigenvalue weighted by atomic mass is 10.2. The Kier molecular flexibility index (Phi) is 4.66. The smallest absolute Gasteiger partial charge is 0.255 e. The third-order valence-corrected chi connectivity index (χ3v) is 5.10. The summed E-state index contributed by atoms with van der Waals surface area (Å²) < 4.78 is 7.58. The van der Waals surface area contributed by atoms with Crippen molar-refractivity contribution in [3.63, 3.8) is 0 Å². The molecule has 0 saturated carbocycles. The molecule has 0 atom stereocenters. The van der Waals surface area contributed by atoms with Gasteiger partial charge in [-0.05, 0) is 38.1 Å². The summed E-state index contributed by atoms with van der Waals surface area (Å²) in [5.41, 5.74) is 2.80. The lowest BCUT2D eigenvalue weighted by Crippen LogP contribution is -2.49. The van der Waals surface area contributed by atoms with E-state index in [9.17, 15) is 4.79 Å². The van der Waals surface area contributed by atoms with Crippen LogP contribution in [0, 0.1) is 13.8 Å². The molecule has 3 aromatic heterocycles. The maximum absolute atomic E-state index is 13.1. The quantitative estimate of drug-likeness (QED) is 0.711. The molecule has 0 aliphatic carbocycles. The number of anilines is 1. The Labute approximate surface area is 158 Å². The third-order valence-electron chi connectivity index (χ3n) is 5.10. The molecule has 1 aliphatic rings. The Morgan fingerprint density at radius 3 is 2.52 bits per heavy atom. The normalized spacial score (nSPS) is 14.6. The molecule has 140 valence electrons. The van der Waals surface area contributed by atoms with Crippen molar-refractivity contribution in [1.82, 2.24) is 19.4 Å². The van der Waals surface area contributed by atoms with Crippen molar-refractivity contribution in [1.29, 1.82) is 0 Å². The first-order valence-electron chi connectivity index (χ1n) is 9.14. The van der Waals surface area contributed by atoms with E-state index >= 15 is 0 Å². The molecular formula is C20H23N5O2. The molecule has 7 heteroatoms. The molecule has 3 aromatic rings. The molecule has 0 bridgehead atoms. The van der Waals surface area contributed by atoms with Crippen molar-refractivity contribution in [3.8, 4) is 0 Å². The summed E-state index contributed by atoms with van der Waals surface area (Å²) in [4.78, 5) is 25.7. The van der Waals surface area contributed by atoms with Crippen LogP contribution in [0.4, 0.5) is 5.95 Å². The third kappa shape index (κ3) is 3.45. The molecule has 4 heterocycles. The minimum absolute atomic E-state index is 0.0856.